The third kappa shape index (κ3) is 4.68. The van der Waals surface area contributed by atoms with Gasteiger partial charge < -0.3 is 10.1 Å². The van der Waals surface area contributed by atoms with Crippen LogP contribution in [0.4, 0.5) is 0 Å². The van der Waals surface area contributed by atoms with Gasteiger partial charge in [0.2, 0.25) is 5.91 Å². The largest absolute Gasteiger partial charge is 0.426 e. The van der Waals surface area contributed by atoms with E-state index in [-0.39, 0.29) is 11.9 Å². The summed E-state index contributed by atoms with van der Waals surface area (Å²) in [5.41, 5.74) is 1.95. The molecule has 1 aromatic carbocycles. The van der Waals surface area contributed by atoms with Gasteiger partial charge in [-0.25, -0.2) is 0 Å². The highest BCUT2D eigenvalue weighted by Crippen LogP contribution is 2.19. The van der Waals surface area contributed by atoms with Crippen LogP contribution in [0, 0.1) is 6.92 Å². The number of aryl methyl sites for hydroxylation is 1. The molecule has 1 aromatic rings. The maximum Gasteiger partial charge on any atom is 0.308 e. The fraction of sp³-hybridized carbons (Fsp3) is 0.385. The molecule has 0 fully saturated rings. The third-order valence-corrected chi connectivity index (χ3v) is 2.29. The second-order valence-corrected chi connectivity index (χ2v) is 3.93. The number of rotatable bonds is 4. The minimum atomic E-state index is -0.327. The lowest BCUT2D eigenvalue weighted by Gasteiger charge is -2.08. The first-order chi connectivity index (χ1) is 7.99. The van der Waals surface area contributed by atoms with Crippen LogP contribution in [0.2, 0.25) is 0 Å². The molecule has 4 nitrogen and oxygen atoms in total. The number of esters is 1. The molecule has 4 heteroatoms. The van der Waals surface area contributed by atoms with E-state index < -0.39 is 0 Å². The molecule has 92 valence electrons. The zero-order valence-corrected chi connectivity index (χ0v) is 10.4. The van der Waals surface area contributed by atoms with Crippen LogP contribution in [0.5, 0.6) is 5.75 Å². The second-order valence-electron chi connectivity index (χ2n) is 3.93. The van der Waals surface area contributed by atoms with E-state index in [2.05, 4.69) is 5.32 Å². The van der Waals surface area contributed by atoms with Crippen LogP contribution in [-0.2, 0) is 16.0 Å². The van der Waals surface area contributed by atoms with E-state index in [9.17, 15) is 9.59 Å². The highest BCUT2D eigenvalue weighted by Gasteiger charge is 2.04. The van der Waals surface area contributed by atoms with Crippen LogP contribution in [-0.4, -0.2) is 18.4 Å². The smallest absolute Gasteiger partial charge is 0.308 e. The summed E-state index contributed by atoms with van der Waals surface area (Å²) in [6.45, 7) is 5.33. The van der Waals surface area contributed by atoms with Crippen molar-refractivity contribution in [3.63, 3.8) is 0 Å². The maximum atomic E-state index is 10.9. The Labute approximate surface area is 101 Å². The van der Waals surface area contributed by atoms with Crippen molar-refractivity contribution < 1.29 is 14.3 Å². The topological polar surface area (TPSA) is 55.4 Å². The summed E-state index contributed by atoms with van der Waals surface area (Å²) in [7, 11) is 0. The molecule has 0 atom stereocenters. The Hall–Kier alpha value is -1.84. The molecule has 0 saturated carbocycles. The van der Waals surface area contributed by atoms with E-state index in [0.717, 1.165) is 11.1 Å². The maximum absolute atomic E-state index is 10.9. The van der Waals surface area contributed by atoms with Crippen molar-refractivity contribution in [3.05, 3.63) is 29.3 Å². The van der Waals surface area contributed by atoms with Gasteiger partial charge in [-0.15, -0.1) is 0 Å². The molecule has 0 aliphatic rings. The summed E-state index contributed by atoms with van der Waals surface area (Å²) in [5, 5.41) is 2.72. The molecule has 0 aliphatic heterocycles. The summed E-state index contributed by atoms with van der Waals surface area (Å²) >= 11 is 0. The molecular formula is C13H17NO3. The first-order valence-corrected chi connectivity index (χ1v) is 5.51. The van der Waals surface area contributed by atoms with Crippen molar-refractivity contribution in [2.75, 3.05) is 6.54 Å². The summed E-state index contributed by atoms with van der Waals surface area (Å²) < 4.78 is 5.09. The van der Waals surface area contributed by atoms with Gasteiger partial charge in [-0.05, 0) is 30.5 Å². The molecule has 1 N–H and O–H groups in total. The summed E-state index contributed by atoms with van der Waals surface area (Å²) in [6.07, 6.45) is 0.716. The molecule has 0 spiro atoms. The number of carbonyl (C=O) groups excluding carboxylic acids is 2. The minimum Gasteiger partial charge on any atom is -0.426 e. The normalized spacial score (nSPS) is 9.82. The average Bonchev–Trinajstić information content (AvgIpc) is 2.21. The Morgan fingerprint density at radius 2 is 2.00 bits per heavy atom. The summed E-state index contributed by atoms with van der Waals surface area (Å²) in [4.78, 5) is 21.6. The predicted molar refractivity (Wildman–Crippen MR) is 64.9 cm³/mol. The van der Waals surface area contributed by atoms with Crippen molar-refractivity contribution in [2.45, 2.75) is 27.2 Å². The molecule has 0 radical (unpaired) electrons. The van der Waals surface area contributed by atoms with Crippen molar-refractivity contribution in [3.8, 4) is 5.75 Å². The van der Waals surface area contributed by atoms with Crippen LogP contribution < -0.4 is 10.1 Å². The standard InChI is InChI=1S/C13H17NO3/c1-9-4-5-12(6-7-14-10(2)15)8-13(9)17-11(3)16/h4-5,8H,6-7H2,1-3H3,(H,14,15). The van der Waals surface area contributed by atoms with Gasteiger partial charge in [-0.3, -0.25) is 9.59 Å². The summed E-state index contributed by atoms with van der Waals surface area (Å²) in [6, 6.07) is 5.70. The SMILES string of the molecule is CC(=O)NCCc1ccc(C)c(OC(C)=O)c1. The molecule has 1 rings (SSSR count). The van der Waals surface area contributed by atoms with E-state index in [0.29, 0.717) is 18.7 Å². The second kappa shape index (κ2) is 6.03. The molecule has 0 saturated heterocycles. The van der Waals surface area contributed by atoms with E-state index in [4.69, 9.17) is 4.74 Å². The Kier molecular flexibility index (Phi) is 4.69. The molecule has 0 heterocycles. The van der Waals surface area contributed by atoms with Crippen LogP contribution in [0.3, 0.4) is 0 Å². The highest BCUT2D eigenvalue weighted by atomic mass is 16.5. The lowest BCUT2D eigenvalue weighted by atomic mass is 10.1. The Balaban J connectivity index is 2.67. The molecule has 1 amide bonds. The number of amides is 1. The van der Waals surface area contributed by atoms with Crippen molar-refractivity contribution >= 4 is 11.9 Å². The van der Waals surface area contributed by atoms with Gasteiger partial charge in [0.15, 0.2) is 0 Å². The van der Waals surface area contributed by atoms with Gasteiger partial charge in [0.05, 0.1) is 0 Å². The lowest BCUT2D eigenvalue weighted by Crippen LogP contribution is -2.22. The van der Waals surface area contributed by atoms with Crippen molar-refractivity contribution in [1.29, 1.82) is 0 Å². The van der Waals surface area contributed by atoms with Crippen LogP contribution in [0.1, 0.15) is 25.0 Å². The Morgan fingerprint density at radius 3 is 2.59 bits per heavy atom. The zero-order chi connectivity index (χ0) is 12.8. The van der Waals surface area contributed by atoms with Gasteiger partial charge in [-0.2, -0.15) is 0 Å². The highest BCUT2D eigenvalue weighted by molar-refractivity contribution is 5.72. The van der Waals surface area contributed by atoms with Crippen LogP contribution in [0.15, 0.2) is 18.2 Å². The van der Waals surface area contributed by atoms with Gasteiger partial charge in [0.1, 0.15) is 5.75 Å². The number of benzene rings is 1. The lowest BCUT2D eigenvalue weighted by molar-refractivity contribution is -0.132. The first-order valence-electron chi connectivity index (χ1n) is 5.51. The molecule has 17 heavy (non-hydrogen) atoms. The zero-order valence-electron chi connectivity index (χ0n) is 10.4. The number of nitrogens with one attached hydrogen (secondary N) is 1. The fourth-order valence-electron chi connectivity index (χ4n) is 1.45. The molecular weight excluding hydrogens is 218 g/mol. The van der Waals surface area contributed by atoms with Crippen LogP contribution in [0.25, 0.3) is 0 Å². The van der Waals surface area contributed by atoms with Gasteiger partial charge >= 0.3 is 5.97 Å². The van der Waals surface area contributed by atoms with Crippen molar-refractivity contribution in [1.82, 2.24) is 5.32 Å². The minimum absolute atomic E-state index is 0.0441. The molecule has 0 bridgehead atoms. The number of hydrogen-bond donors (Lipinski definition) is 1. The van der Waals surface area contributed by atoms with Crippen molar-refractivity contribution in [2.24, 2.45) is 0 Å². The predicted octanol–water partition coefficient (Wildman–Crippen LogP) is 1.60. The number of hydrogen-bond acceptors (Lipinski definition) is 3. The average molecular weight is 235 g/mol. The molecule has 0 aliphatic carbocycles. The van der Waals surface area contributed by atoms with Gasteiger partial charge in [0, 0.05) is 20.4 Å². The Bertz CT molecular complexity index is 427. The Morgan fingerprint density at radius 1 is 1.29 bits per heavy atom. The monoisotopic (exact) mass is 235 g/mol. The van der Waals surface area contributed by atoms with Gasteiger partial charge in [-0.1, -0.05) is 12.1 Å². The number of carbonyl (C=O) groups is 2. The van der Waals surface area contributed by atoms with Crippen LogP contribution >= 0.6 is 0 Å². The van der Waals surface area contributed by atoms with Gasteiger partial charge in [0.25, 0.3) is 0 Å². The van der Waals surface area contributed by atoms with E-state index in [1.165, 1.54) is 13.8 Å². The first kappa shape index (κ1) is 13.2. The third-order valence-electron chi connectivity index (χ3n) is 2.29. The number of ether oxygens (including phenoxy) is 1. The quantitative estimate of drug-likeness (QED) is 0.637. The van der Waals surface area contributed by atoms with E-state index in [1.807, 2.05) is 25.1 Å². The molecule has 0 aromatic heterocycles. The summed E-state index contributed by atoms with van der Waals surface area (Å²) in [5.74, 6) is 0.210. The van der Waals surface area contributed by atoms with E-state index >= 15 is 0 Å². The van der Waals surface area contributed by atoms with E-state index in [1.54, 1.807) is 0 Å². The molecule has 0 unspecified atom stereocenters. The fourth-order valence-corrected chi connectivity index (χ4v) is 1.45.